The molecule has 1 atom stereocenters. The minimum atomic E-state index is -0.253. The SMILES string of the molecule is CC(NC(=O)Nc1cn(C)nc1-c1ccccc1)c1ccccc1. The molecule has 3 aromatic rings. The Bertz CT molecular complexity index is 812. The van der Waals surface area contributed by atoms with Crippen LogP contribution in [0.5, 0.6) is 0 Å². The van der Waals surface area contributed by atoms with Crippen molar-refractivity contribution >= 4 is 11.7 Å². The number of hydrogen-bond acceptors (Lipinski definition) is 2. The molecule has 0 bridgehead atoms. The first kappa shape index (κ1) is 15.8. The van der Waals surface area contributed by atoms with Crippen molar-refractivity contribution in [2.75, 3.05) is 5.32 Å². The molecule has 24 heavy (non-hydrogen) atoms. The summed E-state index contributed by atoms with van der Waals surface area (Å²) >= 11 is 0. The fourth-order valence-electron chi connectivity index (χ4n) is 2.57. The van der Waals surface area contributed by atoms with Gasteiger partial charge in [0.05, 0.1) is 11.7 Å². The van der Waals surface area contributed by atoms with Gasteiger partial charge in [-0.2, -0.15) is 5.10 Å². The Morgan fingerprint density at radius 1 is 1.04 bits per heavy atom. The van der Waals surface area contributed by atoms with Crippen molar-refractivity contribution < 1.29 is 4.79 Å². The third kappa shape index (κ3) is 3.63. The summed E-state index contributed by atoms with van der Waals surface area (Å²) in [5, 5.41) is 10.3. The number of carbonyl (C=O) groups is 1. The maximum absolute atomic E-state index is 12.3. The molecule has 0 aliphatic rings. The normalized spacial score (nSPS) is 11.8. The summed E-state index contributed by atoms with van der Waals surface area (Å²) in [4.78, 5) is 12.3. The van der Waals surface area contributed by atoms with E-state index >= 15 is 0 Å². The van der Waals surface area contributed by atoms with Crippen LogP contribution in [0, 0.1) is 0 Å². The highest BCUT2D eigenvalue weighted by atomic mass is 16.2. The largest absolute Gasteiger partial charge is 0.331 e. The molecule has 3 rings (SSSR count). The van der Waals surface area contributed by atoms with Crippen molar-refractivity contribution in [1.29, 1.82) is 0 Å². The average Bonchev–Trinajstić information content (AvgIpc) is 2.96. The minimum absolute atomic E-state index is 0.0805. The van der Waals surface area contributed by atoms with Gasteiger partial charge < -0.3 is 10.6 Å². The Balaban J connectivity index is 1.73. The molecule has 2 aromatic carbocycles. The summed E-state index contributed by atoms with van der Waals surface area (Å²) in [6.45, 7) is 1.95. The van der Waals surface area contributed by atoms with Crippen molar-refractivity contribution in [1.82, 2.24) is 15.1 Å². The maximum atomic E-state index is 12.3. The zero-order chi connectivity index (χ0) is 16.9. The Morgan fingerprint density at radius 3 is 2.33 bits per heavy atom. The van der Waals surface area contributed by atoms with Gasteiger partial charge in [0.2, 0.25) is 0 Å². The molecule has 2 N–H and O–H groups in total. The van der Waals surface area contributed by atoms with E-state index in [0.717, 1.165) is 16.8 Å². The summed E-state index contributed by atoms with van der Waals surface area (Å²) < 4.78 is 1.69. The van der Waals surface area contributed by atoms with E-state index in [-0.39, 0.29) is 12.1 Å². The van der Waals surface area contributed by atoms with Crippen molar-refractivity contribution in [2.45, 2.75) is 13.0 Å². The quantitative estimate of drug-likeness (QED) is 0.764. The molecule has 1 unspecified atom stereocenters. The van der Waals surface area contributed by atoms with Crippen LogP contribution in [0.3, 0.4) is 0 Å². The zero-order valence-corrected chi connectivity index (χ0v) is 13.7. The average molecular weight is 320 g/mol. The molecule has 1 aromatic heterocycles. The van der Waals surface area contributed by atoms with Crippen LogP contribution >= 0.6 is 0 Å². The van der Waals surface area contributed by atoms with E-state index < -0.39 is 0 Å². The molecule has 0 spiro atoms. The molecule has 0 radical (unpaired) electrons. The number of nitrogens with zero attached hydrogens (tertiary/aromatic N) is 2. The first-order valence-electron chi connectivity index (χ1n) is 7.85. The van der Waals surface area contributed by atoms with E-state index in [4.69, 9.17) is 0 Å². The van der Waals surface area contributed by atoms with Gasteiger partial charge in [-0.3, -0.25) is 4.68 Å². The molecule has 0 aliphatic heterocycles. The molecule has 5 nitrogen and oxygen atoms in total. The van der Waals surface area contributed by atoms with Crippen LogP contribution in [-0.4, -0.2) is 15.8 Å². The Labute approximate surface area is 141 Å². The van der Waals surface area contributed by atoms with Crippen molar-refractivity contribution in [2.24, 2.45) is 7.05 Å². The monoisotopic (exact) mass is 320 g/mol. The summed E-state index contributed by atoms with van der Waals surface area (Å²) in [6.07, 6.45) is 1.80. The van der Waals surface area contributed by atoms with Crippen LogP contribution in [-0.2, 0) is 7.05 Å². The van der Waals surface area contributed by atoms with E-state index in [1.165, 1.54) is 0 Å². The molecule has 0 aliphatic carbocycles. The third-order valence-corrected chi connectivity index (χ3v) is 3.77. The maximum Gasteiger partial charge on any atom is 0.319 e. The number of urea groups is 1. The van der Waals surface area contributed by atoms with Gasteiger partial charge >= 0.3 is 6.03 Å². The predicted octanol–water partition coefficient (Wildman–Crippen LogP) is 3.97. The number of carbonyl (C=O) groups excluding carboxylic acids is 1. The Hall–Kier alpha value is -3.08. The number of anilines is 1. The third-order valence-electron chi connectivity index (χ3n) is 3.77. The second-order valence-electron chi connectivity index (χ2n) is 5.66. The van der Waals surface area contributed by atoms with Gasteiger partial charge in [0.1, 0.15) is 5.69 Å². The van der Waals surface area contributed by atoms with Gasteiger partial charge in [0, 0.05) is 18.8 Å². The van der Waals surface area contributed by atoms with E-state index in [2.05, 4.69) is 15.7 Å². The van der Waals surface area contributed by atoms with Gasteiger partial charge in [-0.25, -0.2) is 4.79 Å². The fourth-order valence-corrected chi connectivity index (χ4v) is 2.57. The predicted molar refractivity (Wildman–Crippen MR) is 95.7 cm³/mol. The molecule has 0 saturated carbocycles. The van der Waals surface area contributed by atoms with E-state index in [1.54, 1.807) is 10.9 Å². The first-order chi connectivity index (χ1) is 11.6. The summed E-state index contributed by atoms with van der Waals surface area (Å²) in [5.41, 5.74) is 3.45. The highest BCUT2D eigenvalue weighted by Gasteiger charge is 2.14. The second-order valence-corrected chi connectivity index (χ2v) is 5.66. The lowest BCUT2D eigenvalue weighted by Gasteiger charge is -2.15. The van der Waals surface area contributed by atoms with Crippen LogP contribution in [0.1, 0.15) is 18.5 Å². The van der Waals surface area contributed by atoms with Crippen molar-refractivity contribution in [3.63, 3.8) is 0 Å². The molecular weight excluding hydrogens is 300 g/mol. The number of amides is 2. The first-order valence-corrected chi connectivity index (χ1v) is 7.85. The minimum Gasteiger partial charge on any atom is -0.331 e. The van der Waals surface area contributed by atoms with E-state index in [0.29, 0.717) is 5.69 Å². The standard InChI is InChI=1S/C19H20N4O/c1-14(15-9-5-3-6-10-15)20-19(24)21-17-13-23(2)22-18(17)16-11-7-4-8-12-16/h3-14H,1-2H3,(H2,20,21,24). The van der Waals surface area contributed by atoms with Crippen LogP contribution in [0.15, 0.2) is 66.9 Å². The van der Waals surface area contributed by atoms with Crippen LogP contribution < -0.4 is 10.6 Å². The lowest BCUT2D eigenvalue weighted by Crippen LogP contribution is -2.31. The Morgan fingerprint density at radius 2 is 1.67 bits per heavy atom. The molecule has 1 heterocycles. The number of aromatic nitrogens is 2. The molecule has 5 heteroatoms. The highest BCUT2D eigenvalue weighted by Crippen LogP contribution is 2.26. The number of benzene rings is 2. The topological polar surface area (TPSA) is 59.0 Å². The zero-order valence-electron chi connectivity index (χ0n) is 13.7. The van der Waals surface area contributed by atoms with Gasteiger partial charge in [-0.1, -0.05) is 60.7 Å². The smallest absolute Gasteiger partial charge is 0.319 e. The second kappa shape index (κ2) is 7.00. The van der Waals surface area contributed by atoms with Gasteiger partial charge in [-0.15, -0.1) is 0 Å². The van der Waals surface area contributed by atoms with Crippen LogP contribution in [0.25, 0.3) is 11.3 Å². The number of nitrogens with one attached hydrogen (secondary N) is 2. The van der Waals surface area contributed by atoms with E-state index in [9.17, 15) is 4.79 Å². The molecule has 0 saturated heterocycles. The summed E-state index contributed by atoms with van der Waals surface area (Å²) in [5.74, 6) is 0. The number of aryl methyl sites for hydroxylation is 1. The lowest BCUT2D eigenvalue weighted by molar-refractivity contribution is 0.249. The van der Waals surface area contributed by atoms with Gasteiger partial charge in [0.15, 0.2) is 0 Å². The van der Waals surface area contributed by atoms with E-state index in [1.807, 2.05) is 74.6 Å². The molecule has 122 valence electrons. The van der Waals surface area contributed by atoms with Gasteiger partial charge in [0.25, 0.3) is 0 Å². The fraction of sp³-hybridized carbons (Fsp3) is 0.158. The van der Waals surface area contributed by atoms with Crippen molar-refractivity contribution in [3.8, 4) is 11.3 Å². The molecule has 0 fully saturated rings. The summed E-state index contributed by atoms with van der Waals surface area (Å²) in [7, 11) is 1.84. The van der Waals surface area contributed by atoms with Gasteiger partial charge in [-0.05, 0) is 12.5 Å². The van der Waals surface area contributed by atoms with Crippen LogP contribution in [0.4, 0.5) is 10.5 Å². The number of rotatable bonds is 4. The lowest BCUT2D eigenvalue weighted by atomic mass is 10.1. The van der Waals surface area contributed by atoms with Crippen molar-refractivity contribution in [3.05, 3.63) is 72.4 Å². The summed E-state index contributed by atoms with van der Waals surface area (Å²) in [6, 6.07) is 19.3. The number of hydrogen-bond donors (Lipinski definition) is 2. The van der Waals surface area contributed by atoms with Crippen LogP contribution in [0.2, 0.25) is 0 Å². The molecular formula is C19H20N4O. The highest BCUT2D eigenvalue weighted by molar-refractivity contribution is 5.93. The Kier molecular flexibility index (Phi) is 4.61. The molecule has 2 amide bonds.